The molecule has 19 heteroatoms. The molecule has 5 atom stereocenters. The molecule has 0 saturated carbocycles. The summed E-state index contributed by atoms with van der Waals surface area (Å²) in [7, 11) is -10.00. The zero-order valence-electron chi connectivity index (χ0n) is 64.6. The standard InChI is InChI=1S/C85H140O17P2/c1-5-9-13-17-21-25-29-33-36-38-39-41-43-47-50-54-58-62-66-70-83(88)96-76-81(102-85(90)72-68-64-60-56-52-48-44-40-37-34-30-26-22-18-14-10-6-2)78-100-104(93,94)98-74-79(86)73-97-103(91,92)99-77-80(101-84(89)71-67-63-59-55-51-45-32-28-24-20-16-12-8-4)75-95-82(87)69-65-61-57-53-49-46-42-35-31-27-23-19-15-11-7-3/h9-11,13-15,21-23,25-27,33-37,39,41-42,44,47-48,50,56,60,79-81,86H,5-8,12,16-20,24,28-32,38,40,43,45-46,49,51-55,57-59,61-78H2,1-4H3,(H,91,92)(H,93,94)/b13-9-,14-10-,15-11-,25-21-,26-22-,27-23-,36-33-,37-34-,41-39-,42-35-,48-44-,50-47-,60-56-. The van der Waals surface area contributed by atoms with Crippen molar-refractivity contribution in [3.8, 4) is 0 Å². The zero-order valence-corrected chi connectivity index (χ0v) is 66.4. The summed E-state index contributed by atoms with van der Waals surface area (Å²) in [5.74, 6) is -2.30. The summed E-state index contributed by atoms with van der Waals surface area (Å²) in [5.41, 5.74) is 0. The molecule has 104 heavy (non-hydrogen) atoms. The van der Waals surface area contributed by atoms with Crippen LogP contribution < -0.4 is 0 Å². The van der Waals surface area contributed by atoms with Crippen LogP contribution in [0.5, 0.6) is 0 Å². The first-order chi connectivity index (χ1) is 50.7. The fourth-order valence-electron chi connectivity index (χ4n) is 10.1. The van der Waals surface area contributed by atoms with E-state index in [-0.39, 0.29) is 25.7 Å². The Bertz CT molecular complexity index is 2590. The minimum atomic E-state index is -5.01. The Hall–Kier alpha value is -5.32. The number of hydrogen-bond acceptors (Lipinski definition) is 15. The molecule has 0 heterocycles. The SMILES string of the molecule is CC/C=C\C/C=C\C/C=C\C/C=C\C/C=C\CCCCCC(=O)OCC(COP(=O)(O)OCC(O)COP(=O)(O)OCC(COC(=O)CCCCCCC/C=C\C/C=C\C/C=C\CC)OC(=O)CCCCCCCCCCCCCCC)OC(=O)CCC/C=C\C/C=C\C/C=C\C/C=C\C/C=C\CC. The predicted octanol–water partition coefficient (Wildman–Crippen LogP) is 23.2. The van der Waals surface area contributed by atoms with Crippen LogP contribution >= 0.6 is 15.6 Å². The van der Waals surface area contributed by atoms with Crippen molar-refractivity contribution >= 4 is 39.5 Å². The summed E-state index contributed by atoms with van der Waals surface area (Å²) in [4.78, 5) is 73.0. The lowest BCUT2D eigenvalue weighted by molar-refractivity contribution is -0.161. The lowest BCUT2D eigenvalue weighted by Crippen LogP contribution is -2.30. The van der Waals surface area contributed by atoms with Gasteiger partial charge in [0.15, 0.2) is 12.2 Å². The van der Waals surface area contributed by atoms with Gasteiger partial charge in [0.25, 0.3) is 0 Å². The van der Waals surface area contributed by atoms with Crippen molar-refractivity contribution in [2.24, 2.45) is 0 Å². The molecule has 0 saturated heterocycles. The molecule has 592 valence electrons. The van der Waals surface area contributed by atoms with E-state index < -0.39 is 97.5 Å². The lowest BCUT2D eigenvalue weighted by Gasteiger charge is -2.21. The number of phosphoric ester groups is 2. The van der Waals surface area contributed by atoms with Crippen molar-refractivity contribution in [3.63, 3.8) is 0 Å². The number of hydrogen-bond donors (Lipinski definition) is 3. The van der Waals surface area contributed by atoms with Gasteiger partial charge in [-0.1, -0.05) is 288 Å². The molecule has 0 rings (SSSR count). The van der Waals surface area contributed by atoms with Gasteiger partial charge in [-0.3, -0.25) is 37.3 Å². The number of phosphoric acid groups is 2. The number of esters is 4. The van der Waals surface area contributed by atoms with E-state index in [0.717, 1.165) is 161 Å². The molecule has 0 amide bonds. The third-order valence-corrected chi connectivity index (χ3v) is 17.9. The van der Waals surface area contributed by atoms with Gasteiger partial charge in [-0.15, -0.1) is 0 Å². The van der Waals surface area contributed by atoms with Crippen molar-refractivity contribution in [3.05, 3.63) is 158 Å². The Morgan fingerprint density at radius 2 is 0.510 bits per heavy atom. The number of allylic oxidation sites excluding steroid dienone is 26. The second-order valence-electron chi connectivity index (χ2n) is 25.9. The molecule has 0 aliphatic rings. The van der Waals surface area contributed by atoms with Crippen LogP contribution in [-0.4, -0.2) is 96.7 Å². The fraction of sp³-hybridized carbons (Fsp3) is 0.647. The average Bonchev–Trinajstić information content (AvgIpc) is 0.911. The van der Waals surface area contributed by atoms with Gasteiger partial charge in [0.05, 0.1) is 26.4 Å². The lowest BCUT2D eigenvalue weighted by atomic mass is 10.0. The van der Waals surface area contributed by atoms with Crippen LogP contribution in [-0.2, 0) is 65.4 Å². The van der Waals surface area contributed by atoms with Gasteiger partial charge < -0.3 is 33.8 Å². The van der Waals surface area contributed by atoms with Crippen LogP contribution in [0, 0.1) is 0 Å². The largest absolute Gasteiger partial charge is 0.472 e. The molecule has 0 aliphatic heterocycles. The number of carbonyl (C=O) groups excluding carboxylic acids is 4. The maximum absolute atomic E-state index is 13.1. The summed E-state index contributed by atoms with van der Waals surface area (Å²) in [6, 6.07) is 0. The Morgan fingerprint density at radius 3 is 0.817 bits per heavy atom. The van der Waals surface area contributed by atoms with E-state index in [1.807, 2.05) is 12.2 Å². The van der Waals surface area contributed by atoms with Crippen molar-refractivity contribution in [1.82, 2.24) is 0 Å². The Morgan fingerprint density at radius 1 is 0.279 bits per heavy atom. The number of aliphatic hydroxyl groups excluding tert-OH is 1. The summed E-state index contributed by atoms with van der Waals surface area (Å²) in [6.45, 7) is 4.41. The monoisotopic (exact) mass is 1490 g/mol. The van der Waals surface area contributed by atoms with Gasteiger partial charge in [-0.2, -0.15) is 0 Å². The van der Waals surface area contributed by atoms with Gasteiger partial charge >= 0.3 is 39.5 Å². The molecule has 0 spiro atoms. The summed E-state index contributed by atoms with van der Waals surface area (Å²) in [6.07, 6.45) is 88.0. The predicted molar refractivity (Wildman–Crippen MR) is 427 cm³/mol. The minimum absolute atomic E-state index is 0.00361. The number of rotatable bonds is 73. The number of carbonyl (C=O) groups is 4. The Balaban J connectivity index is 5.46. The van der Waals surface area contributed by atoms with E-state index in [9.17, 15) is 43.2 Å². The van der Waals surface area contributed by atoms with Gasteiger partial charge in [-0.05, 0) is 141 Å². The van der Waals surface area contributed by atoms with Crippen LogP contribution in [0.25, 0.3) is 0 Å². The molecule has 17 nitrogen and oxygen atoms in total. The summed E-state index contributed by atoms with van der Waals surface area (Å²) in [5, 5.41) is 10.6. The van der Waals surface area contributed by atoms with E-state index in [2.05, 4.69) is 174 Å². The van der Waals surface area contributed by atoms with E-state index in [1.165, 1.54) is 51.4 Å². The minimum Gasteiger partial charge on any atom is -0.462 e. The molecule has 0 aromatic rings. The van der Waals surface area contributed by atoms with Crippen molar-refractivity contribution in [1.29, 1.82) is 0 Å². The van der Waals surface area contributed by atoms with Crippen LogP contribution in [0.3, 0.4) is 0 Å². The van der Waals surface area contributed by atoms with E-state index in [4.69, 9.17) is 37.0 Å². The van der Waals surface area contributed by atoms with E-state index >= 15 is 0 Å². The van der Waals surface area contributed by atoms with Crippen LogP contribution in [0.1, 0.15) is 297 Å². The maximum atomic E-state index is 13.1. The van der Waals surface area contributed by atoms with Crippen molar-refractivity contribution in [2.75, 3.05) is 39.6 Å². The molecule has 0 fully saturated rings. The highest BCUT2D eigenvalue weighted by Crippen LogP contribution is 2.45. The molecular formula is C85H140O17P2. The van der Waals surface area contributed by atoms with E-state index in [0.29, 0.717) is 32.1 Å². The molecule has 0 radical (unpaired) electrons. The summed E-state index contributed by atoms with van der Waals surface area (Å²) < 4.78 is 68.5. The van der Waals surface area contributed by atoms with Gasteiger partial charge in [0, 0.05) is 25.7 Å². The first kappa shape index (κ1) is 98.7. The highest BCUT2D eigenvalue weighted by atomic mass is 31.2. The Labute approximate surface area is 629 Å². The second kappa shape index (κ2) is 75.9. The van der Waals surface area contributed by atoms with Gasteiger partial charge in [-0.25, -0.2) is 9.13 Å². The second-order valence-corrected chi connectivity index (χ2v) is 28.8. The van der Waals surface area contributed by atoms with Crippen molar-refractivity contribution in [2.45, 2.75) is 316 Å². The fourth-order valence-corrected chi connectivity index (χ4v) is 11.6. The average molecular weight is 1500 g/mol. The first-order valence-corrected chi connectivity index (χ1v) is 42.7. The molecule has 3 N–H and O–H groups in total. The third-order valence-electron chi connectivity index (χ3n) is 16.0. The third kappa shape index (κ3) is 74.9. The highest BCUT2D eigenvalue weighted by Gasteiger charge is 2.30. The maximum Gasteiger partial charge on any atom is 0.472 e. The number of ether oxygens (including phenoxy) is 4. The van der Waals surface area contributed by atoms with Gasteiger partial charge in [0.1, 0.15) is 19.3 Å². The van der Waals surface area contributed by atoms with Crippen LogP contribution in [0.15, 0.2) is 158 Å². The normalized spacial score (nSPS) is 14.7. The molecule has 0 aromatic carbocycles. The molecule has 0 aliphatic carbocycles. The Kier molecular flexibility index (Phi) is 72.0. The molecular weight excluding hydrogens is 1350 g/mol. The quantitative estimate of drug-likeness (QED) is 0.0169. The topological polar surface area (TPSA) is 237 Å². The summed E-state index contributed by atoms with van der Waals surface area (Å²) >= 11 is 0. The zero-order chi connectivity index (χ0) is 76.0. The van der Waals surface area contributed by atoms with Crippen molar-refractivity contribution < 1.29 is 80.2 Å². The first-order valence-electron chi connectivity index (χ1n) is 39.7. The van der Waals surface area contributed by atoms with Crippen LogP contribution in [0.4, 0.5) is 0 Å². The molecule has 5 unspecified atom stereocenters. The van der Waals surface area contributed by atoms with Gasteiger partial charge in [0.2, 0.25) is 0 Å². The molecule has 0 bridgehead atoms. The smallest absolute Gasteiger partial charge is 0.462 e. The number of unbranched alkanes of at least 4 members (excludes halogenated alkanes) is 21. The van der Waals surface area contributed by atoms with Crippen LogP contribution in [0.2, 0.25) is 0 Å². The number of aliphatic hydroxyl groups is 1. The van der Waals surface area contributed by atoms with E-state index in [1.54, 1.807) is 0 Å². The highest BCUT2D eigenvalue weighted by molar-refractivity contribution is 7.47. The molecule has 0 aromatic heterocycles.